The molecule has 4 rings (SSSR count). The van der Waals surface area contributed by atoms with Gasteiger partial charge in [-0.3, -0.25) is 19.3 Å². The van der Waals surface area contributed by atoms with Crippen molar-refractivity contribution in [3.8, 4) is 6.07 Å². The van der Waals surface area contributed by atoms with Gasteiger partial charge in [0.25, 0.3) is 0 Å². The van der Waals surface area contributed by atoms with Crippen LogP contribution < -0.4 is 0 Å². The Balaban J connectivity index is 1.37. The summed E-state index contributed by atoms with van der Waals surface area (Å²) >= 11 is 0. The van der Waals surface area contributed by atoms with Crippen molar-refractivity contribution in [1.29, 1.82) is 5.26 Å². The Labute approximate surface area is 164 Å². The van der Waals surface area contributed by atoms with E-state index in [1.54, 1.807) is 17.3 Å². The Morgan fingerprint density at radius 3 is 2.79 bits per heavy atom. The average Bonchev–Trinajstić information content (AvgIpc) is 3.37. The number of nitriles is 1. The summed E-state index contributed by atoms with van der Waals surface area (Å²) < 4.78 is 1.84. The smallest absolute Gasteiger partial charge is 0.249 e. The van der Waals surface area contributed by atoms with Gasteiger partial charge in [-0.25, -0.2) is 5.06 Å². The average molecular weight is 379 g/mol. The summed E-state index contributed by atoms with van der Waals surface area (Å²) in [4.78, 5) is 22.9. The molecule has 1 atom stereocenters. The van der Waals surface area contributed by atoms with E-state index in [1.807, 2.05) is 17.9 Å². The highest BCUT2D eigenvalue weighted by molar-refractivity contribution is 5.78. The zero-order chi connectivity index (χ0) is 19.5. The minimum absolute atomic E-state index is 0.0119. The molecule has 0 aromatic carbocycles. The minimum atomic E-state index is -0.151. The maximum atomic E-state index is 13.1. The first kappa shape index (κ1) is 18.6. The third-order valence-electron chi connectivity index (χ3n) is 5.87. The van der Waals surface area contributed by atoms with Crippen molar-refractivity contribution in [2.24, 2.45) is 18.9 Å². The Hall–Kier alpha value is -2.72. The number of pyridine rings is 1. The first-order valence-corrected chi connectivity index (χ1v) is 9.92. The fraction of sp³-hybridized carbons (Fsp3) is 0.524. The van der Waals surface area contributed by atoms with E-state index in [4.69, 9.17) is 10.1 Å². The molecule has 1 saturated carbocycles. The molecular formula is C21H25N5O2. The number of aryl methyl sites for hydroxylation is 1. The first-order chi connectivity index (χ1) is 13.6. The van der Waals surface area contributed by atoms with E-state index >= 15 is 0 Å². The molecule has 1 aliphatic carbocycles. The van der Waals surface area contributed by atoms with Crippen LogP contribution in [0.1, 0.15) is 54.8 Å². The molecule has 2 aliphatic rings. The van der Waals surface area contributed by atoms with Crippen LogP contribution in [-0.2, 0) is 23.1 Å². The van der Waals surface area contributed by atoms with Crippen LogP contribution in [0.4, 0.5) is 0 Å². The normalized spacial score (nSPS) is 24.9. The number of carbonyl (C=O) groups is 1. The van der Waals surface area contributed by atoms with Crippen LogP contribution in [0.15, 0.2) is 30.9 Å². The predicted octanol–water partition coefficient (Wildman–Crippen LogP) is 2.94. The lowest BCUT2D eigenvalue weighted by molar-refractivity contribution is -0.183. The highest BCUT2D eigenvalue weighted by Gasteiger charge is 2.37. The number of rotatable bonds is 4. The van der Waals surface area contributed by atoms with Crippen LogP contribution >= 0.6 is 0 Å². The molecule has 2 aromatic rings. The fourth-order valence-electron chi connectivity index (χ4n) is 4.39. The Morgan fingerprint density at radius 2 is 2.07 bits per heavy atom. The molecule has 0 bridgehead atoms. The summed E-state index contributed by atoms with van der Waals surface area (Å²) in [5, 5.41) is 14.9. The summed E-state index contributed by atoms with van der Waals surface area (Å²) in [5.74, 6) is 0.697. The van der Waals surface area contributed by atoms with Gasteiger partial charge in [0.05, 0.1) is 24.4 Å². The molecule has 2 fully saturated rings. The number of aromatic nitrogens is 3. The van der Waals surface area contributed by atoms with E-state index in [9.17, 15) is 4.79 Å². The standard InChI is InChI=1S/C21H25N5O2/c1-25-14-17(12-24-25)8-15-2-4-18(5-3-15)21(27)26-20(6-7-28-26)19-9-16(10-22)11-23-13-19/h9,11-15,18,20H,2-8H2,1H3/t15-,18-,20-/m0/s1. The van der Waals surface area contributed by atoms with Gasteiger partial charge in [-0.1, -0.05) is 0 Å². The Morgan fingerprint density at radius 1 is 1.25 bits per heavy atom. The number of hydroxylamine groups is 2. The van der Waals surface area contributed by atoms with Crippen molar-refractivity contribution >= 4 is 5.91 Å². The van der Waals surface area contributed by atoms with E-state index in [1.165, 1.54) is 11.8 Å². The van der Waals surface area contributed by atoms with Crippen LogP contribution in [0.5, 0.6) is 0 Å². The molecule has 1 saturated heterocycles. The second kappa shape index (κ2) is 8.11. The van der Waals surface area contributed by atoms with Gasteiger partial charge in [0.1, 0.15) is 6.07 Å². The van der Waals surface area contributed by atoms with E-state index in [2.05, 4.69) is 22.3 Å². The molecule has 28 heavy (non-hydrogen) atoms. The van der Waals surface area contributed by atoms with Crippen molar-refractivity contribution in [1.82, 2.24) is 19.8 Å². The fourth-order valence-corrected chi connectivity index (χ4v) is 4.39. The molecule has 0 spiro atoms. The lowest BCUT2D eigenvalue weighted by atomic mass is 9.79. The van der Waals surface area contributed by atoms with Gasteiger partial charge in [0, 0.05) is 38.0 Å². The summed E-state index contributed by atoms with van der Waals surface area (Å²) in [5.41, 5.74) is 2.65. The SMILES string of the molecule is Cn1cc(C[C@H]2CC[C@H](C(=O)N3OCC[C@H]3c3cncc(C#N)c3)CC2)cn1. The molecule has 2 aromatic heterocycles. The highest BCUT2D eigenvalue weighted by Crippen LogP contribution is 2.37. The first-order valence-electron chi connectivity index (χ1n) is 9.92. The third-order valence-corrected chi connectivity index (χ3v) is 5.87. The van der Waals surface area contributed by atoms with Gasteiger partial charge in [-0.05, 0) is 55.2 Å². The van der Waals surface area contributed by atoms with Crippen molar-refractivity contribution in [2.75, 3.05) is 6.61 Å². The van der Waals surface area contributed by atoms with E-state index in [0.717, 1.165) is 44.1 Å². The van der Waals surface area contributed by atoms with Crippen LogP contribution in [0.2, 0.25) is 0 Å². The molecule has 0 unspecified atom stereocenters. The van der Waals surface area contributed by atoms with Crippen LogP contribution in [0.3, 0.4) is 0 Å². The van der Waals surface area contributed by atoms with Crippen molar-refractivity contribution in [3.05, 3.63) is 47.5 Å². The summed E-state index contributed by atoms with van der Waals surface area (Å²) in [7, 11) is 1.94. The van der Waals surface area contributed by atoms with Gasteiger partial charge in [-0.2, -0.15) is 10.4 Å². The quantitative estimate of drug-likeness (QED) is 0.815. The molecule has 7 heteroatoms. The van der Waals surface area contributed by atoms with Crippen LogP contribution in [-0.4, -0.2) is 32.3 Å². The molecule has 1 amide bonds. The zero-order valence-corrected chi connectivity index (χ0v) is 16.1. The summed E-state index contributed by atoms with van der Waals surface area (Å²) in [6.45, 7) is 0.517. The van der Waals surface area contributed by atoms with Crippen molar-refractivity contribution in [2.45, 2.75) is 44.6 Å². The zero-order valence-electron chi connectivity index (χ0n) is 16.1. The number of carbonyl (C=O) groups excluding carboxylic acids is 1. The number of nitrogens with zero attached hydrogens (tertiary/aromatic N) is 5. The second-order valence-corrected chi connectivity index (χ2v) is 7.86. The number of hydrogen-bond donors (Lipinski definition) is 0. The lowest BCUT2D eigenvalue weighted by Crippen LogP contribution is -2.36. The molecule has 0 N–H and O–H groups in total. The largest absolute Gasteiger partial charge is 0.276 e. The van der Waals surface area contributed by atoms with E-state index in [-0.39, 0.29) is 17.9 Å². The van der Waals surface area contributed by atoms with Gasteiger partial charge in [0.15, 0.2) is 0 Å². The van der Waals surface area contributed by atoms with Gasteiger partial charge >= 0.3 is 0 Å². The van der Waals surface area contributed by atoms with E-state index in [0.29, 0.717) is 18.1 Å². The van der Waals surface area contributed by atoms with Crippen LogP contribution in [0, 0.1) is 23.2 Å². The molecule has 7 nitrogen and oxygen atoms in total. The molecular weight excluding hydrogens is 354 g/mol. The lowest BCUT2D eigenvalue weighted by Gasteiger charge is -2.31. The molecule has 0 radical (unpaired) electrons. The third kappa shape index (κ3) is 3.92. The number of hydrogen-bond acceptors (Lipinski definition) is 5. The van der Waals surface area contributed by atoms with Gasteiger partial charge in [0.2, 0.25) is 5.91 Å². The maximum Gasteiger partial charge on any atom is 0.249 e. The second-order valence-electron chi connectivity index (χ2n) is 7.86. The summed E-state index contributed by atoms with van der Waals surface area (Å²) in [6.07, 6.45) is 12.9. The van der Waals surface area contributed by atoms with Gasteiger partial charge < -0.3 is 0 Å². The minimum Gasteiger partial charge on any atom is -0.276 e. The Kier molecular flexibility index (Phi) is 5.40. The Bertz CT molecular complexity index is 879. The molecule has 146 valence electrons. The number of amides is 1. The van der Waals surface area contributed by atoms with Crippen molar-refractivity contribution in [3.63, 3.8) is 0 Å². The van der Waals surface area contributed by atoms with E-state index < -0.39 is 0 Å². The molecule has 3 heterocycles. The monoisotopic (exact) mass is 379 g/mol. The maximum absolute atomic E-state index is 13.1. The summed E-state index contributed by atoms with van der Waals surface area (Å²) in [6, 6.07) is 3.76. The molecule has 1 aliphatic heterocycles. The van der Waals surface area contributed by atoms with Crippen molar-refractivity contribution < 1.29 is 9.63 Å². The van der Waals surface area contributed by atoms with Gasteiger partial charge in [-0.15, -0.1) is 0 Å². The highest BCUT2D eigenvalue weighted by atomic mass is 16.7. The van der Waals surface area contributed by atoms with Crippen LogP contribution in [0.25, 0.3) is 0 Å². The topological polar surface area (TPSA) is 84.0 Å². The predicted molar refractivity (Wildman–Crippen MR) is 101 cm³/mol.